The Balaban J connectivity index is 2.06. The Bertz CT molecular complexity index is 737. The minimum Gasteiger partial charge on any atom is -0.489 e. The number of nitrogens with one attached hydrogen (secondary N) is 1. The number of anilines is 1. The molecule has 3 N–H and O–H groups in total. The molecule has 0 saturated heterocycles. The van der Waals surface area contributed by atoms with Gasteiger partial charge in [0.1, 0.15) is 31.0 Å². The molecule has 0 bridgehead atoms. The Hall–Kier alpha value is -2.65. The van der Waals surface area contributed by atoms with E-state index in [1.54, 1.807) is 24.3 Å². The van der Waals surface area contributed by atoms with E-state index in [0.717, 1.165) is 31.0 Å². The van der Waals surface area contributed by atoms with Gasteiger partial charge in [-0.3, -0.25) is 24.6 Å². The van der Waals surface area contributed by atoms with E-state index in [9.17, 15) is 24.6 Å². The van der Waals surface area contributed by atoms with E-state index in [1.807, 2.05) is 0 Å². The van der Waals surface area contributed by atoms with Crippen molar-refractivity contribution in [2.24, 2.45) is 0 Å². The van der Waals surface area contributed by atoms with Gasteiger partial charge in [-0.25, -0.2) is 0 Å². The first-order valence-electron chi connectivity index (χ1n) is 10.3. The molecule has 0 aromatic heterocycles. The number of benzene rings is 1. The number of fused-ring (bicyclic) bond motifs is 1. The van der Waals surface area contributed by atoms with E-state index in [4.69, 9.17) is 4.74 Å². The van der Waals surface area contributed by atoms with Gasteiger partial charge in [0.05, 0.1) is 5.69 Å². The summed E-state index contributed by atoms with van der Waals surface area (Å²) >= 11 is 0. The van der Waals surface area contributed by atoms with Gasteiger partial charge in [-0.1, -0.05) is 32.4 Å². The Morgan fingerprint density at radius 2 is 1.93 bits per heavy atom. The first kappa shape index (κ1) is 23.6. The van der Waals surface area contributed by atoms with Crippen molar-refractivity contribution in [3.8, 4) is 5.75 Å². The molecule has 0 saturated carbocycles. The summed E-state index contributed by atoms with van der Waals surface area (Å²) in [5.74, 6) is -2.33. The van der Waals surface area contributed by atoms with Crippen LogP contribution in [-0.4, -0.2) is 77.8 Å². The number of carbonyl (C=O) groups excluding carboxylic acids is 1. The SMILES string of the molecule is CCN(CC)CCCCC(N[C@H]1COc2ccccc2N(CC(=O)O)C1=O)C(=O)O. The van der Waals surface area contributed by atoms with E-state index in [1.165, 1.54) is 0 Å². The lowest BCUT2D eigenvalue weighted by Gasteiger charge is -2.25. The van der Waals surface area contributed by atoms with Gasteiger partial charge in [-0.05, 0) is 44.6 Å². The van der Waals surface area contributed by atoms with Crippen LogP contribution in [-0.2, 0) is 14.4 Å². The maximum absolute atomic E-state index is 13.0. The summed E-state index contributed by atoms with van der Waals surface area (Å²) < 4.78 is 5.69. The van der Waals surface area contributed by atoms with Gasteiger partial charge in [-0.15, -0.1) is 0 Å². The minimum absolute atomic E-state index is 0.0742. The minimum atomic E-state index is -1.16. The number of para-hydroxylation sites is 2. The van der Waals surface area contributed by atoms with Crippen LogP contribution < -0.4 is 15.0 Å². The van der Waals surface area contributed by atoms with Crippen molar-refractivity contribution < 1.29 is 29.3 Å². The summed E-state index contributed by atoms with van der Waals surface area (Å²) in [6.45, 7) is 6.37. The Morgan fingerprint density at radius 3 is 2.57 bits per heavy atom. The molecule has 166 valence electrons. The molecule has 9 heteroatoms. The third-order valence-corrected chi connectivity index (χ3v) is 5.23. The number of ether oxygens (including phenoxy) is 1. The van der Waals surface area contributed by atoms with Crippen LogP contribution in [0.25, 0.3) is 0 Å². The number of aliphatic carboxylic acids is 2. The smallest absolute Gasteiger partial charge is 0.323 e. The number of unbranched alkanes of at least 4 members (excludes halogenated alkanes) is 1. The van der Waals surface area contributed by atoms with Crippen molar-refractivity contribution in [2.75, 3.05) is 37.7 Å². The van der Waals surface area contributed by atoms with Gasteiger partial charge in [0.15, 0.2) is 0 Å². The van der Waals surface area contributed by atoms with Crippen LogP contribution in [0.15, 0.2) is 24.3 Å². The summed E-state index contributed by atoms with van der Waals surface area (Å²) in [5.41, 5.74) is 0.361. The molecule has 1 amide bonds. The zero-order valence-electron chi connectivity index (χ0n) is 17.5. The van der Waals surface area contributed by atoms with E-state index in [-0.39, 0.29) is 6.61 Å². The number of amides is 1. The first-order chi connectivity index (χ1) is 14.4. The zero-order valence-corrected chi connectivity index (χ0v) is 17.5. The number of hydrogen-bond acceptors (Lipinski definition) is 6. The average Bonchev–Trinajstić information content (AvgIpc) is 2.84. The summed E-state index contributed by atoms with van der Waals surface area (Å²) in [6.07, 6.45) is 1.92. The average molecular weight is 421 g/mol. The molecule has 9 nitrogen and oxygen atoms in total. The second kappa shape index (κ2) is 11.5. The Kier molecular flexibility index (Phi) is 9.07. The van der Waals surface area contributed by atoms with Crippen molar-refractivity contribution in [1.29, 1.82) is 0 Å². The number of carboxylic acids is 2. The molecule has 0 aliphatic carbocycles. The molecule has 1 aromatic rings. The van der Waals surface area contributed by atoms with Crippen LogP contribution in [0, 0.1) is 0 Å². The van der Waals surface area contributed by atoms with Crippen molar-refractivity contribution in [2.45, 2.75) is 45.2 Å². The molecule has 0 radical (unpaired) electrons. The number of carboxylic acid groups (broad SMARTS) is 2. The highest BCUT2D eigenvalue weighted by Gasteiger charge is 2.35. The zero-order chi connectivity index (χ0) is 22.1. The highest BCUT2D eigenvalue weighted by molar-refractivity contribution is 6.02. The van der Waals surface area contributed by atoms with Gasteiger partial charge >= 0.3 is 11.9 Å². The maximum atomic E-state index is 13.0. The van der Waals surface area contributed by atoms with Crippen LogP contribution in [0.4, 0.5) is 5.69 Å². The molecule has 0 fully saturated rings. The van der Waals surface area contributed by atoms with Crippen LogP contribution in [0.1, 0.15) is 33.1 Å². The highest BCUT2D eigenvalue weighted by Crippen LogP contribution is 2.31. The highest BCUT2D eigenvalue weighted by atomic mass is 16.5. The standard InChI is InChI=1S/C21H31N3O6/c1-3-23(4-2)12-8-7-9-15(21(28)29)22-16-14-30-18-11-6-5-10-17(18)24(20(16)27)13-19(25)26/h5-6,10-11,15-16,22H,3-4,7-9,12-14H2,1-2H3,(H,25,26)(H,28,29)/t15?,16-/m0/s1. The largest absolute Gasteiger partial charge is 0.489 e. The maximum Gasteiger partial charge on any atom is 0.323 e. The van der Waals surface area contributed by atoms with Crippen molar-refractivity contribution >= 4 is 23.5 Å². The second-order valence-electron chi connectivity index (χ2n) is 7.23. The van der Waals surface area contributed by atoms with Gasteiger partial charge < -0.3 is 19.8 Å². The summed E-state index contributed by atoms with van der Waals surface area (Å²) in [7, 11) is 0. The fourth-order valence-corrected chi connectivity index (χ4v) is 3.52. The van der Waals surface area contributed by atoms with Crippen molar-refractivity contribution in [1.82, 2.24) is 10.2 Å². The number of carbonyl (C=O) groups is 3. The van der Waals surface area contributed by atoms with E-state index >= 15 is 0 Å². The number of rotatable bonds is 12. The van der Waals surface area contributed by atoms with Crippen molar-refractivity contribution in [3.05, 3.63) is 24.3 Å². The molecule has 0 spiro atoms. The molecule has 1 unspecified atom stereocenters. The Morgan fingerprint density at radius 1 is 1.23 bits per heavy atom. The van der Waals surface area contributed by atoms with E-state index in [0.29, 0.717) is 24.3 Å². The normalized spacial score (nSPS) is 17.2. The molecule has 1 aliphatic rings. The lowest BCUT2D eigenvalue weighted by Crippen LogP contribution is -2.54. The summed E-state index contributed by atoms with van der Waals surface area (Å²) in [5, 5.41) is 21.7. The van der Waals surface area contributed by atoms with Crippen LogP contribution >= 0.6 is 0 Å². The van der Waals surface area contributed by atoms with Gasteiger partial charge in [0.25, 0.3) is 0 Å². The van der Waals surface area contributed by atoms with E-state index < -0.39 is 36.5 Å². The van der Waals surface area contributed by atoms with Gasteiger partial charge in [0.2, 0.25) is 5.91 Å². The van der Waals surface area contributed by atoms with Crippen LogP contribution in [0.5, 0.6) is 5.75 Å². The summed E-state index contributed by atoms with van der Waals surface area (Å²) in [4.78, 5) is 39.5. The number of hydrogen-bond donors (Lipinski definition) is 3. The van der Waals surface area contributed by atoms with Gasteiger partial charge in [-0.2, -0.15) is 0 Å². The fraction of sp³-hybridized carbons (Fsp3) is 0.571. The molecule has 2 atom stereocenters. The second-order valence-corrected chi connectivity index (χ2v) is 7.23. The fourth-order valence-electron chi connectivity index (χ4n) is 3.52. The Labute approximate surface area is 176 Å². The topological polar surface area (TPSA) is 119 Å². The summed E-state index contributed by atoms with van der Waals surface area (Å²) in [6, 6.07) is 4.80. The third kappa shape index (κ3) is 6.43. The van der Waals surface area contributed by atoms with Crippen molar-refractivity contribution in [3.63, 3.8) is 0 Å². The van der Waals surface area contributed by atoms with Crippen LogP contribution in [0.3, 0.4) is 0 Å². The first-order valence-corrected chi connectivity index (χ1v) is 10.3. The lowest BCUT2D eigenvalue weighted by atomic mass is 10.1. The molecule has 1 aliphatic heterocycles. The molecule has 1 heterocycles. The van der Waals surface area contributed by atoms with Crippen LogP contribution in [0.2, 0.25) is 0 Å². The molecular weight excluding hydrogens is 390 g/mol. The molecule has 1 aromatic carbocycles. The lowest BCUT2D eigenvalue weighted by molar-refractivity contribution is -0.141. The number of nitrogens with zero attached hydrogens (tertiary/aromatic N) is 2. The monoisotopic (exact) mass is 421 g/mol. The predicted molar refractivity (Wildman–Crippen MR) is 112 cm³/mol. The molecule has 2 rings (SSSR count). The third-order valence-electron chi connectivity index (χ3n) is 5.23. The van der Waals surface area contributed by atoms with Gasteiger partial charge in [0, 0.05) is 0 Å². The molecular formula is C21H31N3O6. The predicted octanol–water partition coefficient (Wildman–Crippen LogP) is 1.42. The van der Waals surface area contributed by atoms with E-state index in [2.05, 4.69) is 24.1 Å². The quantitative estimate of drug-likeness (QED) is 0.434. The molecule has 30 heavy (non-hydrogen) atoms.